The smallest absolute Gasteiger partial charge is 0.243 e. The second-order valence-electron chi connectivity index (χ2n) is 7.55. The average molecular weight is 456 g/mol. The zero-order valence-electron chi connectivity index (χ0n) is 17.9. The maximum absolute atomic E-state index is 13.5. The second kappa shape index (κ2) is 9.10. The summed E-state index contributed by atoms with van der Waals surface area (Å²) in [4.78, 5) is 0.216. The molecule has 3 aromatic carbocycles. The number of phenols is 1. The van der Waals surface area contributed by atoms with Gasteiger partial charge in [0.05, 0.1) is 12.0 Å². The van der Waals surface area contributed by atoms with Gasteiger partial charge < -0.3 is 19.3 Å². The number of rotatable bonds is 8. The van der Waals surface area contributed by atoms with E-state index in [0.29, 0.717) is 22.8 Å². The van der Waals surface area contributed by atoms with E-state index in [0.717, 1.165) is 11.1 Å². The highest BCUT2D eigenvalue weighted by molar-refractivity contribution is 7.89. The Kier molecular flexibility index (Phi) is 6.25. The van der Waals surface area contributed by atoms with E-state index in [4.69, 9.17) is 14.2 Å². The predicted octanol–water partition coefficient (Wildman–Crippen LogP) is 3.87. The maximum atomic E-state index is 13.5. The summed E-state index contributed by atoms with van der Waals surface area (Å²) in [6.45, 7) is 2.35. The van der Waals surface area contributed by atoms with Crippen molar-refractivity contribution in [3.63, 3.8) is 0 Å². The molecule has 168 valence electrons. The highest BCUT2D eigenvalue weighted by atomic mass is 32.2. The molecule has 1 N–H and O–H groups in total. The summed E-state index contributed by atoms with van der Waals surface area (Å²) in [6.07, 6.45) is 0.283. The standard InChI is InChI=1S/C24H25NO6S/c1-17-6-9-19(10-7-17)32(27,28)25(13-12-20-21(26)4-3-5-22(20)29-2)15-18-8-11-23-24(14-18)31-16-30-23/h3-11,14,26H,12-13,15-16H2,1-2H3. The van der Waals surface area contributed by atoms with Crippen molar-refractivity contribution in [2.75, 3.05) is 20.4 Å². The fourth-order valence-corrected chi connectivity index (χ4v) is 5.05. The summed E-state index contributed by atoms with van der Waals surface area (Å²) in [5.74, 6) is 1.82. The number of nitrogens with zero attached hydrogens (tertiary/aromatic N) is 1. The van der Waals surface area contributed by atoms with Crippen molar-refractivity contribution in [3.8, 4) is 23.0 Å². The molecule has 1 heterocycles. The van der Waals surface area contributed by atoms with Crippen LogP contribution in [0.25, 0.3) is 0 Å². The van der Waals surface area contributed by atoms with Gasteiger partial charge in [-0.15, -0.1) is 0 Å². The highest BCUT2D eigenvalue weighted by Gasteiger charge is 2.26. The van der Waals surface area contributed by atoms with E-state index in [-0.39, 0.29) is 36.9 Å². The Morgan fingerprint density at radius 1 is 1.03 bits per heavy atom. The van der Waals surface area contributed by atoms with Gasteiger partial charge in [-0.3, -0.25) is 0 Å². The average Bonchev–Trinajstić information content (AvgIpc) is 3.25. The van der Waals surface area contributed by atoms with Gasteiger partial charge in [-0.2, -0.15) is 4.31 Å². The van der Waals surface area contributed by atoms with E-state index in [9.17, 15) is 13.5 Å². The molecule has 1 aliphatic heterocycles. The molecule has 8 heteroatoms. The fraction of sp³-hybridized carbons (Fsp3) is 0.250. The van der Waals surface area contributed by atoms with Crippen molar-refractivity contribution in [2.24, 2.45) is 0 Å². The highest BCUT2D eigenvalue weighted by Crippen LogP contribution is 2.34. The van der Waals surface area contributed by atoms with Crippen LogP contribution in [0, 0.1) is 6.92 Å². The van der Waals surface area contributed by atoms with Gasteiger partial charge >= 0.3 is 0 Å². The molecule has 0 fully saturated rings. The van der Waals surface area contributed by atoms with E-state index < -0.39 is 10.0 Å². The Labute approximate surface area is 187 Å². The molecule has 0 unspecified atom stereocenters. The first kappa shape index (κ1) is 22.0. The molecule has 0 atom stereocenters. The Morgan fingerprint density at radius 3 is 2.53 bits per heavy atom. The zero-order chi connectivity index (χ0) is 22.7. The molecule has 0 spiro atoms. The van der Waals surface area contributed by atoms with Crippen LogP contribution in [0.4, 0.5) is 0 Å². The van der Waals surface area contributed by atoms with E-state index in [1.54, 1.807) is 54.6 Å². The van der Waals surface area contributed by atoms with Crippen molar-refractivity contribution in [1.29, 1.82) is 0 Å². The molecule has 0 saturated carbocycles. The normalized spacial score (nSPS) is 12.8. The van der Waals surface area contributed by atoms with E-state index in [1.165, 1.54) is 11.4 Å². The van der Waals surface area contributed by atoms with Gasteiger partial charge in [0.2, 0.25) is 16.8 Å². The lowest BCUT2D eigenvalue weighted by molar-refractivity contribution is 0.174. The third-order valence-corrected chi connectivity index (χ3v) is 7.25. The topological polar surface area (TPSA) is 85.3 Å². The van der Waals surface area contributed by atoms with Crippen LogP contribution in [0.3, 0.4) is 0 Å². The third-order valence-electron chi connectivity index (χ3n) is 5.39. The summed E-state index contributed by atoms with van der Waals surface area (Å²) in [5.41, 5.74) is 2.31. The van der Waals surface area contributed by atoms with Crippen molar-refractivity contribution in [3.05, 3.63) is 77.4 Å². The zero-order valence-corrected chi connectivity index (χ0v) is 18.8. The van der Waals surface area contributed by atoms with Gasteiger partial charge in [-0.25, -0.2) is 8.42 Å². The third kappa shape index (κ3) is 4.51. The summed E-state index contributed by atoms with van der Waals surface area (Å²) >= 11 is 0. The Bertz CT molecular complexity index is 1210. The predicted molar refractivity (Wildman–Crippen MR) is 120 cm³/mol. The molecule has 0 aliphatic carbocycles. The monoisotopic (exact) mass is 455 g/mol. The molecule has 0 aromatic heterocycles. The van der Waals surface area contributed by atoms with Gasteiger partial charge in [0.15, 0.2) is 11.5 Å². The van der Waals surface area contributed by atoms with E-state index in [1.807, 2.05) is 13.0 Å². The van der Waals surface area contributed by atoms with Crippen LogP contribution in [0.15, 0.2) is 65.6 Å². The van der Waals surface area contributed by atoms with Crippen LogP contribution in [0.1, 0.15) is 16.7 Å². The van der Waals surface area contributed by atoms with Gasteiger partial charge in [0.1, 0.15) is 11.5 Å². The van der Waals surface area contributed by atoms with Crippen molar-refractivity contribution >= 4 is 10.0 Å². The Hall–Kier alpha value is -3.23. The summed E-state index contributed by atoms with van der Waals surface area (Å²) in [7, 11) is -2.27. The Morgan fingerprint density at radius 2 is 1.78 bits per heavy atom. The maximum Gasteiger partial charge on any atom is 0.243 e. The largest absolute Gasteiger partial charge is 0.508 e. The molecule has 1 aliphatic rings. The molecular weight excluding hydrogens is 430 g/mol. The summed E-state index contributed by atoms with van der Waals surface area (Å²) in [5, 5.41) is 10.3. The van der Waals surface area contributed by atoms with Gasteiger partial charge in [-0.1, -0.05) is 29.8 Å². The molecule has 3 aromatic rings. The molecular formula is C24H25NO6S. The van der Waals surface area contributed by atoms with Crippen LogP contribution < -0.4 is 14.2 Å². The fourth-order valence-electron chi connectivity index (χ4n) is 3.62. The number of sulfonamides is 1. The second-order valence-corrected chi connectivity index (χ2v) is 9.49. The molecule has 0 bridgehead atoms. The van der Waals surface area contributed by atoms with Crippen molar-refractivity contribution < 1.29 is 27.7 Å². The Balaban J connectivity index is 1.65. The molecule has 7 nitrogen and oxygen atoms in total. The number of aryl methyl sites for hydroxylation is 1. The number of benzene rings is 3. The number of fused-ring (bicyclic) bond motifs is 1. The molecule has 0 saturated heterocycles. The number of hydrogen-bond acceptors (Lipinski definition) is 6. The van der Waals surface area contributed by atoms with Crippen LogP contribution in [0.2, 0.25) is 0 Å². The first-order valence-electron chi connectivity index (χ1n) is 10.2. The SMILES string of the molecule is COc1cccc(O)c1CCN(Cc1ccc2c(c1)OCO2)S(=O)(=O)c1ccc(C)cc1. The number of hydrogen-bond donors (Lipinski definition) is 1. The molecule has 0 amide bonds. The van der Waals surface area contributed by atoms with Crippen LogP contribution in [-0.4, -0.2) is 38.3 Å². The van der Waals surface area contributed by atoms with Gasteiger partial charge in [0, 0.05) is 18.7 Å². The van der Waals surface area contributed by atoms with E-state index >= 15 is 0 Å². The van der Waals surface area contributed by atoms with E-state index in [2.05, 4.69) is 0 Å². The van der Waals surface area contributed by atoms with Crippen LogP contribution in [0.5, 0.6) is 23.0 Å². The first-order valence-corrected chi connectivity index (χ1v) is 11.6. The molecule has 4 rings (SSSR count). The van der Waals surface area contributed by atoms with Gasteiger partial charge in [0.25, 0.3) is 0 Å². The first-order chi connectivity index (χ1) is 15.4. The van der Waals surface area contributed by atoms with Crippen LogP contribution in [-0.2, 0) is 23.0 Å². The number of phenolic OH excluding ortho intramolecular Hbond substituents is 1. The number of aromatic hydroxyl groups is 1. The minimum atomic E-state index is -3.79. The summed E-state index contributed by atoms with van der Waals surface area (Å²) < 4.78 is 44.6. The van der Waals surface area contributed by atoms with Crippen molar-refractivity contribution in [1.82, 2.24) is 4.31 Å². The lowest BCUT2D eigenvalue weighted by atomic mass is 10.1. The lowest BCUT2D eigenvalue weighted by Gasteiger charge is -2.23. The minimum Gasteiger partial charge on any atom is -0.508 e. The van der Waals surface area contributed by atoms with Crippen molar-refractivity contribution in [2.45, 2.75) is 24.8 Å². The molecule has 32 heavy (non-hydrogen) atoms. The van der Waals surface area contributed by atoms with Gasteiger partial charge in [-0.05, 0) is 55.3 Å². The van der Waals surface area contributed by atoms with Crippen LogP contribution >= 0.6 is 0 Å². The quantitative estimate of drug-likeness (QED) is 0.555. The summed E-state index contributed by atoms with van der Waals surface area (Å²) in [6, 6.07) is 17.2. The number of methoxy groups -OCH3 is 1. The molecule has 0 radical (unpaired) electrons. The lowest BCUT2D eigenvalue weighted by Crippen LogP contribution is -2.32. The number of ether oxygens (including phenoxy) is 3. The minimum absolute atomic E-state index is 0.0695.